The average Bonchev–Trinajstić information content (AvgIpc) is 2.71. The Hall–Kier alpha value is 1.20. The third-order valence-electron chi connectivity index (χ3n) is 5.62. The van der Waals surface area contributed by atoms with Crippen molar-refractivity contribution in [2.24, 2.45) is 0 Å². The summed E-state index contributed by atoms with van der Waals surface area (Å²) < 4.78 is 0. The predicted molar refractivity (Wildman–Crippen MR) is 89.2 cm³/mol. The molecule has 2 aliphatic carbocycles. The second-order valence-electron chi connectivity index (χ2n) is 6.25. The normalized spacial score (nSPS) is 24.8. The molecule has 2 rings (SSSR count). The standard InChI is InChI=1S/2C10H15.2ClH.Rh/c2*1-6-7(2)9(4)10(5)8(6)3;;;/h2*1-5H3;2*1H;/q;;;;+3/p-2. The largest absolute Gasteiger partial charge is 3.00 e. The maximum Gasteiger partial charge on any atom is 3.00 e. The predicted octanol–water partition coefficient (Wildman–Crippen LogP) is -0.0506. The number of halogens is 2. The van der Waals surface area contributed by atoms with Gasteiger partial charge < -0.3 is 24.8 Å². The van der Waals surface area contributed by atoms with Gasteiger partial charge in [-0.25, -0.2) is 0 Å². The van der Waals surface area contributed by atoms with Crippen molar-refractivity contribution in [2.45, 2.75) is 69.2 Å². The fraction of sp³-hybridized carbons (Fsp3) is 0.500. The number of hydrogen-bond donors (Lipinski definition) is 0. The van der Waals surface area contributed by atoms with Gasteiger partial charge in [0.15, 0.2) is 0 Å². The van der Waals surface area contributed by atoms with Gasteiger partial charge in [-0.05, 0) is 59.2 Å². The summed E-state index contributed by atoms with van der Waals surface area (Å²) in [5.41, 5.74) is 0. The monoisotopic (exact) mass is 443 g/mol. The van der Waals surface area contributed by atoms with Gasteiger partial charge in [-0.3, -0.25) is 0 Å². The maximum absolute atomic E-state index is 2.20. The smallest absolute Gasteiger partial charge is 1.00 e. The maximum atomic E-state index is 2.20. The molecule has 0 spiro atoms. The van der Waals surface area contributed by atoms with Crippen molar-refractivity contribution < 1.29 is 44.3 Å². The van der Waals surface area contributed by atoms with E-state index in [0.717, 1.165) is 0 Å². The zero-order valence-electron chi connectivity index (χ0n) is 16.1. The quantitative estimate of drug-likeness (QED) is 0.460. The van der Waals surface area contributed by atoms with Gasteiger partial charge in [-0.2, -0.15) is 0 Å². The summed E-state index contributed by atoms with van der Waals surface area (Å²) in [6, 6.07) is 0. The molecule has 10 radical (unpaired) electrons. The molecule has 2 fully saturated rings. The fourth-order valence-electron chi connectivity index (χ4n) is 2.81. The van der Waals surface area contributed by atoms with E-state index >= 15 is 0 Å². The van der Waals surface area contributed by atoms with Gasteiger partial charge in [0, 0.05) is 0 Å². The number of rotatable bonds is 0. The molecule has 0 atom stereocenters. The molecule has 0 nitrogen and oxygen atoms in total. The summed E-state index contributed by atoms with van der Waals surface area (Å²) in [6.07, 6.45) is 0. The summed E-state index contributed by atoms with van der Waals surface area (Å²) in [5.74, 6) is 14.7. The third kappa shape index (κ3) is 6.14. The second kappa shape index (κ2) is 11.7. The van der Waals surface area contributed by atoms with E-state index in [1.807, 2.05) is 0 Å². The van der Waals surface area contributed by atoms with E-state index in [4.69, 9.17) is 0 Å². The third-order valence-corrected chi connectivity index (χ3v) is 5.62. The van der Waals surface area contributed by atoms with Crippen LogP contribution in [0.1, 0.15) is 69.2 Å². The Balaban J connectivity index is -0.000000308. The summed E-state index contributed by atoms with van der Waals surface area (Å²) in [4.78, 5) is 0. The molecule has 0 aromatic heterocycles. The minimum Gasteiger partial charge on any atom is -1.00 e. The first-order valence-corrected chi connectivity index (χ1v) is 7.50. The molecule has 2 aliphatic rings. The molecule has 132 valence electrons. The van der Waals surface area contributed by atoms with Crippen molar-refractivity contribution in [1.82, 2.24) is 0 Å². The molecule has 0 N–H and O–H groups in total. The minimum absolute atomic E-state index is 0. The van der Waals surface area contributed by atoms with Gasteiger partial charge in [-0.15, -0.1) is 0 Å². The molecule has 0 amide bonds. The van der Waals surface area contributed by atoms with E-state index < -0.39 is 0 Å². The molecule has 0 aromatic carbocycles. The van der Waals surface area contributed by atoms with E-state index in [-0.39, 0.29) is 44.3 Å². The first-order valence-electron chi connectivity index (χ1n) is 7.50. The van der Waals surface area contributed by atoms with Crippen LogP contribution in [-0.2, 0) is 19.5 Å². The minimum atomic E-state index is 0. The Bertz CT molecular complexity index is 190. The van der Waals surface area contributed by atoms with Crippen molar-refractivity contribution >= 4 is 0 Å². The molecule has 0 saturated heterocycles. The SMILES string of the molecule is C[C]1[C](C)[C](C)[C](C)[C]1C.C[C]1[C](C)[C](C)[C](C)[C]1C.[Cl-].[Cl-].[Rh+3]. The van der Waals surface area contributed by atoms with Crippen molar-refractivity contribution in [3.8, 4) is 0 Å². The van der Waals surface area contributed by atoms with Crippen LogP contribution >= 0.6 is 0 Å². The first-order chi connectivity index (χ1) is 9.11. The summed E-state index contributed by atoms with van der Waals surface area (Å²) in [7, 11) is 0. The van der Waals surface area contributed by atoms with Gasteiger partial charge in [0.25, 0.3) is 0 Å². The van der Waals surface area contributed by atoms with Crippen LogP contribution in [0, 0.1) is 59.2 Å². The molecule has 2 saturated carbocycles. The Labute approximate surface area is 172 Å². The van der Waals surface area contributed by atoms with Crippen LogP contribution in [0.15, 0.2) is 0 Å². The van der Waals surface area contributed by atoms with E-state index in [1.54, 1.807) is 0 Å². The summed E-state index contributed by atoms with van der Waals surface area (Å²) in [5, 5.41) is 0. The Morgan fingerprint density at radius 2 is 0.304 bits per heavy atom. The van der Waals surface area contributed by atoms with Crippen LogP contribution < -0.4 is 24.8 Å². The molecular weight excluding hydrogens is 414 g/mol. The van der Waals surface area contributed by atoms with Crippen LogP contribution in [0.4, 0.5) is 0 Å². The second-order valence-corrected chi connectivity index (χ2v) is 6.25. The first kappa shape index (κ1) is 29.0. The summed E-state index contributed by atoms with van der Waals surface area (Å²) in [6.45, 7) is 22.0. The van der Waals surface area contributed by atoms with Gasteiger partial charge in [0.05, 0.1) is 0 Å². The Morgan fingerprint density at radius 1 is 0.261 bits per heavy atom. The van der Waals surface area contributed by atoms with Gasteiger partial charge >= 0.3 is 19.5 Å². The average molecular weight is 444 g/mol. The molecule has 0 heterocycles. The molecular formula is C20H30Cl2Rh+. The van der Waals surface area contributed by atoms with E-state index in [9.17, 15) is 0 Å². The molecule has 0 unspecified atom stereocenters. The van der Waals surface area contributed by atoms with E-state index in [0.29, 0.717) is 0 Å². The van der Waals surface area contributed by atoms with Crippen molar-refractivity contribution in [1.29, 1.82) is 0 Å². The van der Waals surface area contributed by atoms with Gasteiger partial charge in [-0.1, -0.05) is 69.2 Å². The van der Waals surface area contributed by atoms with Gasteiger partial charge in [0.2, 0.25) is 0 Å². The van der Waals surface area contributed by atoms with Crippen LogP contribution in [-0.4, -0.2) is 0 Å². The van der Waals surface area contributed by atoms with Crippen LogP contribution in [0.25, 0.3) is 0 Å². The molecule has 0 aliphatic heterocycles. The van der Waals surface area contributed by atoms with Crippen LogP contribution in [0.3, 0.4) is 0 Å². The van der Waals surface area contributed by atoms with Crippen LogP contribution in [0.5, 0.6) is 0 Å². The zero-order chi connectivity index (χ0) is 15.8. The Morgan fingerprint density at radius 3 is 0.348 bits per heavy atom. The van der Waals surface area contributed by atoms with E-state index in [1.165, 1.54) is 59.2 Å². The molecule has 23 heavy (non-hydrogen) atoms. The van der Waals surface area contributed by atoms with Crippen molar-refractivity contribution in [3.63, 3.8) is 0 Å². The van der Waals surface area contributed by atoms with Gasteiger partial charge in [0.1, 0.15) is 0 Å². The fourth-order valence-corrected chi connectivity index (χ4v) is 2.81. The van der Waals surface area contributed by atoms with E-state index in [2.05, 4.69) is 69.2 Å². The Kier molecular flexibility index (Phi) is 14.8. The van der Waals surface area contributed by atoms with Crippen LogP contribution in [0.2, 0.25) is 0 Å². The topological polar surface area (TPSA) is 0 Å². The van der Waals surface area contributed by atoms with Crippen molar-refractivity contribution in [2.75, 3.05) is 0 Å². The number of hydrogen-bond acceptors (Lipinski definition) is 0. The zero-order valence-corrected chi connectivity index (χ0v) is 19.2. The molecule has 3 heteroatoms. The molecule has 0 aromatic rings. The molecule has 0 bridgehead atoms. The summed E-state index contributed by atoms with van der Waals surface area (Å²) >= 11 is 0. The van der Waals surface area contributed by atoms with Crippen molar-refractivity contribution in [3.05, 3.63) is 59.2 Å².